The van der Waals surface area contributed by atoms with E-state index in [2.05, 4.69) is 10.3 Å². The number of carbonyl (C=O) groups excluding carboxylic acids is 1. The highest BCUT2D eigenvalue weighted by atomic mass is 35.5. The number of para-hydroxylation sites is 1. The van der Waals surface area contributed by atoms with Gasteiger partial charge in [-0.1, -0.05) is 17.7 Å². The number of alkyl halides is 1. The summed E-state index contributed by atoms with van der Waals surface area (Å²) in [4.78, 5) is 16.7. The molecule has 1 amide bonds. The highest BCUT2D eigenvalue weighted by Gasteiger charge is 2.20. The predicted octanol–water partition coefficient (Wildman–Crippen LogP) is 3.90. The standard InChI is InChI=1S/C15H19Cl2N3O/c1-9(16)14-18-13-10(17)6-5-7-11(13)20(14)8-12(21)19-15(2,3)4/h5-7,9H,8H2,1-4H3,(H,19,21). The zero-order chi connectivity index (χ0) is 15.8. The van der Waals surface area contributed by atoms with E-state index in [9.17, 15) is 4.79 Å². The first kappa shape index (κ1) is 16.1. The van der Waals surface area contributed by atoms with Gasteiger partial charge in [-0.05, 0) is 39.8 Å². The number of aromatic nitrogens is 2. The first-order chi connectivity index (χ1) is 9.69. The van der Waals surface area contributed by atoms with E-state index in [0.717, 1.165) is 5.52 Å². The summed E-state index contributed by atoms with van der Waals surface area (Å²) in [5, 5.41) is 3.19. The topological polar surface area (TPSA) is 46.9 Å². The minimum Gasteiger partial charge on any atom is -0.350 e. The number of hydrogen-bond donors (Lipinski definition) is 1. The average Bonchev–Trinajstić information content (AvgIpc) is 2.67. The molecule has 1 aromatic heterocycles. The Kier molecular flexibility index (Phi) is 4.49. The van der Waals surface area contributed by atoms with Gasteiger partial charge in [0.15, 0.2) is 0 Å². The summed E-state index contributed by atoms with van der Waals surface area (Å²) in [7, 11) is 0. The molecule has 0 spiro atoms. The van der Waals surface area contributed by atoms with E-state index in [4.69, 9.17) is 23.2 Å². The van der Waals surface area contributed by atoms with Crippen LogP contribution in [0.4, 0.5) is 0 Å². The molecule has 1 aromatic carbocycles. The number of carbonyl (C=O) groups is 1. The lowest BCUT2D eigenvalue weighted by Gasteiger charge is -2.21. The molecule has 0 aliphatic carbocycles. The molecule has 1 N–H and O–H groups in total. The fourth-order valence-corrected chi connectivity index (χ4v) is 2.58. The first-order valence-electron chi connectivity index (χ1n) is 6.79. The fourth-order valence-electron chi connectivity index (χ4n) is 2.20. The summed E-state index contributed by atoms with van der Waals surface area (Å²) in [6.45, 7) is 7.83. The number of rotatable bonds is 3. The smallest absolute Gasteiger partial charge is 0.240 e. The molecule has 2 rings (SSSR count). The van der Waals surface area contributed by atoms with Crippen molar-refractivity contribution in [1.29, 1.82) is 0 Å². The minimum atomic E-state index is -0.309. The van der Waals surface area contributed by atoms with Crippen LogP contribution in [0.2, 0.25) is 5.02 Å². The number of benzene rings is 1. The van der Waals surface area contributed by atoms with E-state index in [1.54, 1.807) is 6.07 Å². The fraction of sp³-hybridized carbons (Fsp3) is 0.467. The Balaban J connectivity index is 2.44. The molecule has 0 radical (unpaired) electrons. The molecule has 2 aromatic rings. The summed E-state index contributed by atoms with van der Waals surface area (Å²) in [6.07, 6.45) is 0. The van der Waals surface area contributed by atoms with Crippen LogP contribution in [0.1, 0.15) is 38.9 Å². The molecule has 0 saturated carbocycles. The summed E-state index contributed by atoms with van der Waals surface area (Å²) >= 11 is 12.4. The van der Waals surface area contributed by atoms with E-state index >= 15 is 0 Å². The third kappa shape index (κ3) is 3.69. The van der Waals surface area contributed by atoms with E-state index in [-0.39, 0.29) is 23.4 Å². The molecule has 0 aliphatic rings. The van der Waals surface area contributed by atoms with Crippen molar-refractivity contribution >= 4 is 40.1 Å². The van der Waals surface area contributed by atoms with Crippen LogP contribution in [0, 0.1) is 0 Å². The second kappa shape index (κ2) is 5.85. The van der Waals surface area contributed by atoms with Gasteiger partial charge in [-0.2, -0.15) is 0 Å². The number of nitrogens with one attached hydrogen (secondary N) is 1. The van der Waals surface area contributed by atoms with Crippen LogP contribution in [0.25, 0.3) is 11.0 Å². The van der Waals surface area contributed by atoms with E-state index in [0.29, 0.717) is 16.4 Å². The lowest BCUT2D eigenvalue weighted by molar-refractivity contribution is -0.123. The number of nitrogens with zero attached hydrogens (tertiary/aromatic N) is 2. The van der Waals surface area contributed by atoms with Gasteiger partial charge in [-0.25, -0.2) is 4.98 Å². The Labute approximate surface area is 134 Å². The van der Waals surface area contributed by atoms with Crippen LogP contribution in [0.3, 0.4) is 0 Å². The average molecular weight is 328 g/mol. The van der Waals surface area contributed by atoms with Crippen LogP contribution in [-0.2, 0) is 11.3 Å². The summed E-state index contributed by atoms with van der Waals surface area (Å²) in [6, 6.07) is 5.51. The van der Waals surface area contributed by atoms with E-state index in [1.165, 1.54) is 0 Å². The Morgan fingerprint density at radius 3 is 2.67 bits per heavy atom. The van der Waals surface area contributed by atoms with Gasteiger partial charge in [0.1, 0.15) is 17.9 Å². The van der Waals surface area contributed by atoms with Gasteiger partial charge in [0.25, 0.3) is 0 Å². The Hall–Kier alpha value is -1.26. The van der Waals surface area contributed by atoms with Crippen LogP contribution in [0.15, 0.2) is 18.2 Å². The van der Waals surface area contributed by atoms with Crippen molar-refractivity contribution in [2.45, 2.75) is 45.2 Å². The monoisotopic (exact) mass is 327 g/mol. The largest absolute Gasteiger partial charge is 0.350 e. The molecule has 1 unspecified atom stereocenters. The number of fused-ring (bicyclic) bond motifs is 1. The van der Waals surface area contributed by atoms with E-state index in [1.807, 2.05) is 44.4 Å². The molecule has 1 heterocycles. The molecule has 4 nitrogen and oxygen atoms in total. The van der Waals surface area contributed by atoms with Crippen LogP contribution in [-0.4, -0.2) is 21.0 Å². The van der Waals surface area contributed by atoms with Gasteiger partial charge < -0.3 is 9.88 Å². The molecule has 0 fully saturated rings. The van der Waals surface area contributed by atoms with Gasteiger partial charge in [0.05, 0.1) is 15.9 Å². The van der Waals surface area contributed by atoms with Crippen molar-refractivity contribution in [3.63, 3.8) is 0 Å². The molecule has 1 atom stereocenters. The minimum absolute atomic E-state index is 0.0830. The number of amides is 1. The van der Waals surface area contributed by atoms with Crippen molar-refractivity contribution in [3.05, 3.63) is 29.0 Å². The van der Waals surface area contributed by atoms with E-state index < -0.39 is 0 Å². The highest BCUT2D eigenvalue weighted by Crippen LogP contribution is 2.28. The quantitative estimate of drug-likeness (QED) is 0.869. The third-order valence-electron chi connectivity index (χ3n) is 2.93. The van der Waals surface area contributed by atoms with Crippen molar-refractivity contribution in [1.82, 2.24) is 14.9 Å². The number of hydrogen-bond acceptors (Lipinski definition) is 2. The second-order valence-electron chi connectivity index (χ2n) is 6.08. The highest BCUT2D eigenvalue weighted by molar-refractivity contribution is 6.35. The third-order valence-corrected chi connectivity index (χ3v) is 3.43. The second-order valence-corrected chi connectivity index (χ2v) is 7.14. The maximum Gasteiger partial charge on any atom is 0.240 e. The lowest BCUT2D eigenvalue weighted by atomic mass is 10.1. The molecular formula is C15H19Cl2N3O. The lowest BCUT2D eigenvalue weighted by Crippen LogP contribution is -2.42. The van der Waals surface area contributed by atoms with Crippen LogP contribution in [0.5, 0.6) is 0 Å². The molecule has 21 heavy (non-hydrogen) atoms. The van der Waals surface area contributed by atoms with Crippen molar-refractivity contribution in [2.75, 3.05) is 0 Å². The molecule has 0 bridgehead atoms. The Morgan fingerprint density at radius 1 is 1.43 bits per heavy atom. The zero-order valence-corrected chi connectivity index (χ0v) is 14.1. The van der Waals surface area contributed by atoms with Gasteiger partial charge in [0, 0.05) is 5.54 Å². The zero-order valence-electron chi connectivity index (χ0n) is 12.6. The molecule has 0 aliphatic heterocycles. The summed E-state index contributed by atoms with van der Waals surface area (Å²) in [5.41, 5.74) is 1.21. The summed E-state index contributed by atoms with van der Waals surface area (Å²) < 4.78 is 1.82. The van der Waals surface area contributed by atoms with Gasteiger partial charge in [-0.15, -0.1) is 11.6 Å². The molecular weight excluding hydrogens is 309 g/mol. The SMILES string of the molecule is CC(Cl)c1nc2c(Cl)cccc2n1CC(=O)NC(C)(C)C. The molecule has 0 saturated heterocycles. The number of halogens is 2. The van der Waals surface area contributed by atoms with Gasteiger partial charge >= 0.3 is 0 Å². The van der Waals surface area contributed by atoms with Crippen molar-refractivity contribution in [2.24, 2.45) is 0 Å². The maximum atomic E-state index is 12.2. The normalized spacial score (nSPS) is 13.4. The molecule has 114 valence electrons. The summed E-state index contributed by atoms with van der Waals surface area (Å²) in [5.74, 6) is 0.559. The van der Waals surface area contributed by atoms with Gasteiger partial charge in [0.2, 0.25) is 5.91 Å². The Bertz CT molecular complexity index is 671. The van der Waals surface area contributed by atoms with Crippen LogP contribution < -0.4 is 5.32 Å². The predicted molar refractivity (Wildman–Crippen MR) is 86.9 cm³/mol. The maximum absolute atomic E-state index is 12.2. The number of imidazole rings is 1. The van der Waals surface area contributed by atoms with Crippen molar-refractivity contribution < 1.29 is 4.79 Å². The Morgan fingerprint density at radius 2 is 2.10 bits per heavy atom. The van der Waals surface area contributed by atoms with Crippen molar-refractivity contribution in [3.8, 4) is 0 Å². The van der Waals surface area contributed by atoms with Gasteiger partial charge in [-0.3, -0.25) is 4.79 Å². The molecule has 6 heteroatoms. The van der Waals surface area contributed by atoms with Crippen LogP contribution >= 0.6 is 23.2 Å². The first-order valence-corrected chi connectivity index (χ1v) is 7.60.